The summed E-state index contributed by atoms with van der Waals surface area (Å²) in [7, 11) is 1.86. The molecule has 27 heavy (non-hydrogen) atoms. The monoisotopic (exact) mass is 379 g/mol. The van der Waals surface area contributed by atoms with Gasteiger partial charge < -0.3 is 9.64 Å². The lowest BCUT2D eigenvalue weighted by atomic mass is 10.2. The Morgan fingerprint density at radius 1 is 1.07 bits per heavy atom. The second-order valence-electron chi connectivity index (χ2n) is 7.57. The topological polar surface area (TPSA) is 79.6 Å². The Balaban J connectivity index is 1.42. The first-order valence-electron chi connectivity index (χ1n) is 10.2. The van der Waals surface area contributed by atoms with Crippen LogP contribution in [-0.2, 0) is 22.6 Å². The van der Waals surface area contributed by atoms with E-state index in [1.165, 1.54) is 25.7 Å². The molecule has 2 fully saturated rings. The number of morpholine rings is 1. The van der Waals surface area contributed by atoms with Crippen LogP contribution in [0, 0.1) is 0 Å². The zero-order chi connectivity index (χ0) is 18.9. The number of amides is 1. The van der Waals surface area contributed by atoms with Gasteiger partial charge in [-0.1, -0.05) is 12.8 Å². The van der Waals surface area contributed by atoms with Gasteiger partial charge in [-0.05, 0) is 42.8 Å². The number of hydrogen-bond acceptors (Lipinski definition) is 7. The van der Waals surface area contributed by atoms with Crippen LogP contribution in [0.5, 0.6) is 0 Å². The third-order valence-electron chi connectivity index (χ3n) is 5.45. The van der Waals surface area contributed by atoms with Crippen LogP contribution in [0.25, 0.3) is 0 Å². The molecule has 2 aliphatic rings. The van der Waals surface area contributed by atoms with Crippen molar-refractivity contribution in [2.45, 2.75) is 45.2 Å². The highest BCUT2D eigenvalue weighted by molar-refractivity contribution is 5.75. The molecule has 0 saturated carbocycles. The summed E-state index contributed by atoms with van der Waals surface area (Å²) in [5.74, 6) is 0.841. The molecule has 2 aliphatic heterocycles. The van der Waals surface area contributed by atoms with Gasteiger partial charge in [-0.25, -0.2) is 4.68 Å². The highest BCUT2D eigenvalue weighted by atomic mass is 16.5. The molecule has 9 heteroatoms. The second-order valence-corrected chi connectivity index (χ2v) is 7.57. The van der Waals surface area contributed by atoms with Gasteiger partial charge in [0.1, 0.15) is 6.54 Å². The Hall–Kier alpha value is -1.58. The summed E-state index contributed by atoms with van der Waals surface area (Å²) < 4.78 is 7.02. The Morgan fingerprint density at radius 3 is 2.56 bits per heavy atom. The lowest BCUT2D eigenvalue weighted by Gasteiger charge is -2.27. The second kappa shape index (κ2) is 10.7. The average Bonchev–Trinajstić information content (AvgIpc) is 2.94. The van der Waals surface area contributed by atoms with Crippen molar-refractivity contribution < 1.29 is 9.53 Å². The van der Waals surface area contributed by atoms with Crippen molar-refractivity contribution in [3.8, 4) is 0 Å². The van der Waals surface area contributed by atoms with Crippen molar-refractivity contribution in [2.75, 3.05) is 59.5 Å². The van der Waals surface area contributed by atoms with E-state index in [9.17, 15) is 4.79 Å². The fourth-order valence-corrected chi connectivity index (χ4v) is 3.68. The van der Waals surface area contributed by atoms with E-state index in [4.69, 9.17) is 4.74 Å². The van der Waals surface area contributed by atoms with E-state index in [2.05, 4.69) is 25.3 Å². The molecule has 0 aliphatic carbocycles. The van der Waals surface area contributed by atoms with E-state index in [1.807, 2.05) is 7.05 Å². The standard InChI is InChI=1S/C18H33N7O2/c1-22(7-6-10-23-11-13-27-14-12-23)18(26)16-25-17(19-20-21-25)15-24-8-4-2-3-5-9-24/h2-16H2,1H3. The molecular formula is C18H33N7O2. The third kappa shape index (κ3) is 6.51. The summed E-state index contributed by atoms with van der Waals surface area (Å²) in [6.45, 7) is 8.47. The van der Waals surface area contributed by atoms with E-state index in [0.717, 1.165) is 71.3 Å². The number of nitrogens with zero attached hydrogens (tertiary/aromatic N) is 7. The van der Waals surface area contributed by atoms with Gasteiger partial charge in [-0.3, -0.25) is 14.6 Å². The molecule has 0 atom stereocenters. The maximum atomic E-state index is 12.6. The minimum absolute atomic E-state index is 0.0568. The molecule has 9 nitrogen and oxygen atoms in total. The van der Waals surface area contributed by atoms with Crippen molar-refractivity contribution in [3.63, 3.8) is 0 Å². The number of ether oxygens (including phenoxy) is 1. The Bertz CT molecular complexity index is 566. The van der Waals surface area contributed by atoms with Crippen molar-refractivity contribution >= 4 is 5.91 Å². The van der Waals surface area contributed by atoms with Gasteiger partial charge in [0.2, 0.25) is 5.91 Å². The summed E-state index contributed by atoms with van der Waals surface area (Å²) in [5, 5.41) is 12.0. The molecule has 0 spiro atoms. The van der Waals surface area contributed by atoms with Gasteiger partial charge in [0.25, 0.3) is 0 Å². The Kier molecular flexibility index (Phi) is 7.97. The van der Waals surface area contributed by atoms with Gasteiger partial charge >= 0.3 is 0 Å². The number of likely N-dealkylation sites (N-methyl/N-ethyl adjacent to an activating group) is 1. The molecule has 0 aromatic carbocycles. The quantitative estimate of drug-likeness (QED) is 0.640. The average molecular weight is 380 g/mol. The highest BCUT2D eigenvalue weighted by Crippen LogP contribution is 2.12. The van der Waals surface area contributed by atoms with Crippen LogP contribution in [0.15, 0.2) is 0 Å². The molecule has 1 aromatic rings. The molecule has 0 bridgehead atoms. The minimum Gasteiger partial charge on any atom is -0.379 e. The lowest BCUT2D eigenvalue weighted by Crippen LogP contribution is -2.39. The number of carbonyl (C=O) groups is 1. The number of likely N-dealkylation sites (tertiary alicyclic amines) is 1. The van der Waals surface area contributed by atoms with Crippen LogP contribution in [0.4, 0.5) is 0 Å². The molecule has 0 unspecified atom stereocenters. The fraction of sp³-hybridized carbons (Fsp3) is 0.889. The third-order valence-corrected chi connectivity index (χ3v) is 5.45. The molecule has 1 aromatic heterocycles. The van der Waals surface area contributed by atoms with E-state index < -0.39 is 0 Å². The van der Waals surface area contributed by atoms with Crippen molar-refractivity contribution in [1.29, 1.82) is 0 Å². The largest absolute Gasteiger partial charge is 0.379 e. The van der Waals surface area contributed by atoms with Crippen LogP contribution in [-0.4, -0.2) is 100 Å². The van der Waals surface area contributed by atoms with Gasteiger partial charge in [-0.15, -0.1) is 5.10 Å². The van der Waals surface area contributed by atoms with Crippen LogP contribution in [0.3, 0.4) is 0 Å². The van der Waals surface area contributed by atoms with E-state index in [0.29, 0.717) is 0 Å². The maximum Gasteiger partial charge on any atom is 0.244 e. The molecule has 0 N–H and O–H groups in total. The number of tetrazole rings is 1. The smallest absolute Gasteiger partial charge is 0.244 e. The lowest BCUT2D eigenvalue weighted by molar-refractivity contribution is -0.130. The van der Waals surface area contributed by atoms with Gasteiger partial charge in [0.05, 0.1) is 19.8 Å². The molecule has 152 valence electrons. The SMILES string of the molecule is CN(CCCN1CCOCC1)C(=O)Cn1nnnc1CN1CCCCCC1. The number of carbonyl (C=O) groups excluding carboxylic acids is 1. The number of hydrogen-bond donors (Lipinski definition) is 0. The first kappa shape index (κ1) is 20.2. The van der Waals surface area contributed by atoms with Crippen LogP contribution in [0.2, 0.25) is 0 Å². The highest BCUT2D eigenvalue weighted by Gasteiger charge is 2.18. The molecule has 0 radical (unpaired) electrons. The zero-order valence-electron chi connectivity index (χ0n) is 16.6. The molecule has 1 amide bonds. The summed E-state index contributed by atoms with van der Waals surface area (Å²) in [5.41, 5.74) is 0. The van der Waals surface area contributed by atoms with Crippen LogP contribution < -0.4 is 0 Å². The molecule has 2 saturated heterocycles. The molecule has 3 heterocycles. The normalized spacial score (nSPS) is 19.7. The van der Waals surface area contributed by atoms with Gasteiger partial charge in [0.15, 0.2) is 5.82 Å². The Labute approximate surface area is 161 Å². The molecular weight excluding hydrogens is 346 g/mol. The maximum absolute atomic E-state index is 12.6. The number of rotatable bonds is 8. The predicted octanol–water partition coefficient (Wildman–Crippen LogP) is 0.230. The van der Waals surface area contributed by atoms with Crippen LogP contribution >= 0.6 is 0 Å². The number of aromatic nitrogens is 4. The van der Waals surface area contributed by atoms with Crippen molar-refractivity contribution in [3.05, 3.63) is 5.82 Å². The summed E-state index contributed by atoms with van der Waals surface area (Å²) in [4.78, 5) is 19.1. The molecule has 3 rings (SSSR count). The first-order chi connectivity index (χ1) is 13.2. The Morgan fingerprint density at radius 2 is 1.81 bits per heavy atom. The van der Waals surface area contributed by atoms with E-state index >= 15 is 0 Å². The minimum atomic E-state index is 0.0568. The van der Waals surface area contributed by atoms with E-state index in [1.54, 1.807) is 9.58 Å². The van der Waals surface area contributed by atoms with Gasteiger partial charge in [0, 0.05) is 33.2 Å². The van der Waals surface area contributed by atoms with Crippen molar-refractivity contribution in [2.24, 2.45) is 0 Å². The van der Waals surface area contributed by atoms with Crippen molar-refractivity contribution in [1.82, 2.24) is 34.9 Å². The zero-order valence-corrected chi connectivity index (χ0v) is 16.6. The predicted molar refractivity (Wildman–Crippen MR) is 101 cm³/mol. The van der Waals surface area contributed by atoms with Gasteiger partial charge in [-0.2, -0.15) is 0 Å². The fourth-order valence-electron chi connectivity index (χ4n) is 3.68. The van der Waals surface area contributed by atoms with E-state index in [-0.39, 0.29) is 12.5 Å². The summed E-state index contributed by atoms with van der Waals surface area (Å²) in [6, 6.07) is 0. The summed E-state index contributed by atoms with van der Waals surface area (Å²) >= 11 is 0. The summed E-state index contributed by atoms with van der Waals surface area (Å²) in [6.07, 6.45) is 6.03. The first-order valence-corrected chi connectivity index (χ1v) is 10.2. The van der Waals surface area contributed by atoms with Crippen LogP contribution in [0.1, 0.15) is 37.9 Å².